The summed E-state index contributed by atoms with van der Waals surface area (Å²) in [5.41, 5.74) is 1.23. The van der Waals surface area contributed by atoms with Crippen molar-refractivity contribution in [3.63, 3.8) is 0 Å². The highest BCUT2D eigenvalue weighted by Crippen LogP contribution is 2.17. The summed E-state index contributed by atoms with van der Waals surface area (Å²) in [5.74, 6) is 1.61. The summed E-state index contributed by atoms with van der Waals surface area (Å²) in [4.78, 5) is 7.17. The predicted octanol–water partition coefficient (Wildman–Crippen LogP) is 2.93. The number of guanidine groups is 1. The average molecular weight is 392 g/mol. The number of unbranched alkanes of at least 4 members (excludes halogenated alkanes) is 1. The first-order valence-corrected chi connectivity index (χ1v) is 10.5. The topological polar surface area (TPSA) is 55.3 Å². The number of hydrogen-bond acceptors (Lipinski definition) is 4. The quantitative estimate of drug-likeness (QED) is 0.318. The molecule has 28 heavy (non-hydrogen) atoms. The van der Waals surface area contributed by atoms with Gasteiger partial charge in [-0.25, -0.2) is 0 Å². The molecule has 1 atom stereocenters. The minimum absolute atomic E-state index is 0.571. The molecule has 6 nitrogen and oxygen atoms in total. The third-order valence-corrected chi connectivity index (χ3v) is 4.78. The van der Waals surface area contributed by atoms with Gasteiger partial charge in [-0.3, -0.25) is 4.99 Å². The Morgan fingerprint density at radius 3 is 2.79 bits per heavy atom. The number of ether oxygens (including phenoxy) is 3. The minimum Gasteiger partial charge on any atom is -0.382 e. The van der Waals surface area contributed by atoms with E-state index in [1.165, 1.54) is 5.56 Å². The van der Waals surface area contributed by atoms with Crippen LogP contribution in [-0.4, -0.2) is 70.6 Å². The molecule has 1 N–H and O–H groups in total. The number of benzene rings is 1. The van der Waals surface area contributed by atoms with Crippen LogP contribution >= 0.6 is 0 Å². The zero-order valence-corrected chi connectivity index (χ0v) is 17.6. The Labute approximate surface area is 170 Å². The van der Waals surface area contributed by atoms with Crippen LogP contribution in [0.4, 0.5) is 0 Å². The van der Waals surface area contributed by atoms with Crippen molar-refractivity contribution in [2.45, 2.75) is 32.8 Å². The first-order chi connectivity index (χ1) is 13.8. The van der Waals surface area contributed by atoms with Gasteiger partial charge in [-0.1, -0.05) is 30.3 Å². The van der Waals surface area contributed by atoms with E-state index in [0.717, 1.165) is 64.6 Å². The molecule has 0 aliphatic carbocycles. The van der Waals surface area contributed by atoms with Gasteiger partial charge in [0.25, 0.3) is 0 Å². The molecule has 1 aliphatic rings. The van der Waals surface area contributed by atoms with Gasteiger partial charge in [-0.15, -0.1) is 0 Å². The lowest BCUT2D eigenvalue weighted by Gasteiger charge is -2.21. The molecular formula is C22H37N3O3. The Bertz CT molecular complexity index is 539. The summed E-state index contributed by atoms with van der Waals surface area (Å²) >= 11 is 0. The number of nitrogens with one attached hydrogen (secondary N) is 1. The molecule has 0 aromatic heterocycles. The fourth-order valence-corrected chi connectivity index (χ4v) is 3.25. The van der Waals surface area contributed by atoms with Crippen LogP contribution in [0.1, 0.15) is 31.7 Å². The number of likely N-dealkylation sites (tertiary alicyclic amines) is 1. The second-order valence-electron chi connectivity index (χ2n) is 7.15. The van der Waals surface area contributed by atoms with Crippen LogP contribution in [-0.2, 0) is 20.8 Å². The van der Waals surface area contributed by atoms with Gasteiger partial charge in [0.2, 0.25) is 0 Å². The Balaban J connectivity index is 1.64. The zero-order valence-electron chi connectivity index (χ0n) is 17.6. The number of methoxy groups -OCH3 is 1. The monoisotopic (exact) mass is 391 g/mol. The molecule has 0 saturated carbocycles. The molecule has 1 aliphatic heterocycles. The Kier molecular flexibility index (Phi) is 11.6. The Morgan fingerprint density at radius 1 is 1.14 bits per heavy atom. The lowest BCUT2D eigenvalue weighted by atomic mass is 10.1. The molecule has 1 fully saturated rings. The summed E-state index contributed by atoms with van der Waals surface area (Å²) in [7, 11) is 1.69. The molecule has 1 heterocycles. The molecule has 1 aromatic rings. The molecule has 6 heteroatoms. The van der Waals surface area contributed by atoms with Crippen molar-refractivity contribution < 1.29 is 14.2 Å². The Hall–Kier alpha value is -1.63. The minimum atomic E-state index is 0.571. The molecule has 1 saturated heterocycles. The lowest BCUT2D eigenvalue weighted by Crippen LogP contribution is -2.40. The van der Waals surface area contributed by atoms with E-state index < -0.39 is 0 Å². The molecule has 0 amide bonds. The van der Waals surface area contributed by atoms with Crippen molar-refractivity contribution >= 4 is 5.96 Å². The maximum absolute atomic E-state index is 5.94. The predicted molar refractivity (Wildman–Crippen MR) is 114 cm³/mol. The summed E-state index contributed by atoms with van der Waals surface area (Å²) < 4.78 is 16.4. The van der Waals surface area contributed by atoms with Crippen molar-refractivity contribution in [1.29, 1.82) is 0 Å². The van der Waals surface area contributed by atoms with Crippen molar-refractivity contribution in [3.05, 3.63) is 35.9 Å². The molecule has 0 radical (unpaired) electrons. The van der Waals surface area contributed by atoms with Gasteiger partial charge in [0.15, 0.2) is 5.96 Å². The van der Waals surface area contributed by atoms with Gasteiger partial charge in [-0.2, -0.15) is 0 Å². The van der Waals surface area contributed by atoms with Crippen molar-refractivity contribution in [3.8, 4) is 0 Å². The van der Waals surface area contributed by atoms with Crippen LogP contribution < -0.4 is 5.32 Å². The van der Waals surface area contributed by atoms with Crippen molar-refractivity contribution in [2.24, 2.45) is 10.9 Å². The average Bonchev–Trinajstić information content (AvgIpc) is 3.19. The van der Waals surface area contributed by atoms with E-state index in [1.807, 2.05) is 6.07 Å². The summed E-state index contributed by atoms with van der Waals surface area (Å²) in [6.45, 7) is 9.52. The maximum Gasteiger partial charge on any atom is 0.193 e. The van der Waals surface area contributed by atoms with Crippen molar-refractivity contribution in [1.82, 2.24) is 10.2 Å². The van der Waals surface area contributed by atoms with Crippen LogP contribution in [0, 0.1) is 5.92 Å². The molecular weight excluding hydrogens is 354 g/mol. The van der Waals surface area contributed by atoms with Crippen LogP contribution in [0.15, 0.2) is 35.3 Å². The van der Waals surface area contributed by atoms with E-state index in [9.17, 15) is 0 Å². The Morgan fingerprint density at radius 2 is 2.00 bits per heavy atom. The van der Waals surface area contributed by atoms with Gasteiger partial charge >= 0.3 is 0 Å². The number of aliphatic imine (C=N–C) groups is 1. The van der Waals surface area contributed by atoms with Crippen LogP contribution in [0.3, 0.4) is 0 Å². The van der Waals surface area contributed by atoms with E-state index >= 15 is 0 Å². The normalized spacial score (nSPS) is 17.3. The van der Waals surface area contributed by atoms with Gasteiger partial charge in [0.05, 0.1) is 26.4 Å². The smallest absolute Gasteiger partial charge is 0.193 e. The fraction of sp³-hybridized carbons (Fsp3) is 0.682. The summed E-state index contributed by atoms with van der Waals surface area (Å²) in [6.07, 6.45) is 3.23. The van der Waals surface area contributed by atoms with Gasteiger partial charge in [-0.05, 0) is 31.7 Å². The van der Waals surface area contributed by atoms with Gasteiger partial charge in [0.1, 0.15) is 0 Å². The van der Waals surface area contributed by atoms with Gasteiger partial charge < -0.3 is 24.4 Å². The van der Waals surface area contributed by atoms with Crippen LogP contribution in [0.5, 0.6) is 0 Å². The first-order valence-electron chi connectivity index (χ1n) is 10.5. The van der Waals surface area contributed by atoms with E-state index in [4.69, 9.17) is 19.2 Å². The zero-order chi connectivity index (χ0) is 19.9. The van der Waals surface area contributed by atoms with E-state index in [1.54, 1.807) is 7.11 Å². The molecule has 2 rings (SSSR count). The van der Waals surface area contributed by atoms with E-state index in [-0.39, 0.29) is 0 Å². The molecule has 0 spiro atoms. The second-order valence-corrected chi connectivity index (χ2v) is 7.15. The molecule has 0 bridgehead atoms. The highest BCUT2D eigenvalue weighted by Gasteiger charge is 2.24. The summed E-state index contributed by atoms with van der Waals surface area (Å²) in [5, 5.41) is 3.43. The first kappa shape index (κ1) is 22.7. The number of nitrogens with zero attached hydrogens (tertiary/aromatic N) is 2. The van der Waals surface area contributed by atoms with E-state index in [0.29, 0.717) is 25.7 Å². The second kappa shape index (κ2) is 14.4. The largest absolute Gasteiger partial charge is 0.382 e. The van der Waals surface area contributed by atoms with Crippen LogP contribution in [0.25, 0.3) is 0 Å². The standard InChI is InChI=1S/C22H37N3O3/c1-3-23-22(24-12-7-8-14-27-16-15-26-2)25-13-11-21(17-25)19-28-18-20-9-5-4-6-10-20/h4-6,9-10,21H,3,7-8,11-19H2,1-2H3,(H,23,24). The lowest BCUT2D eigenvalue weighted by molar-refractivity contribution is 0.0690. The molecule has 1 aromatic carbocycles. The van der Waals surface area contributed by atoms with Crippen LogP contribution in [0.2, 0.25) is 0 Å². The molecule has 1 unspecified atom stereocenters. The fourth-order valence-electron chi connectivity index (χ4n) is 3.25. The highest BCUT2D eigenvalue weighted by atomic mass is 16.5. The van der Waals surface area contributed by atoms with E-state index in [2.05, 4.69) is 41.4 Å². The summed E-state index contributed by atoms with van der Waals surface area (Å²) in [6, 6.07) is 10.4. The SMILES string of the molecule is CCNC(=NCCCCOCCOC)N1CCC(COCc2ccccc2)C1. The maximum atomic E-state index is 5.94. The third kappa shape index (κ3) is 9.04. The number of hydrogen-bond donors (Lipinski definition) is 1. The molecule has 158 valence electrons. The van der Waals surface area contributed by atoms with Gasteiger partial charge in [0, 0.05) is 45.8 Å². The highest BCUT2D eigenvalue weighted by molar-refractivity contribution is 5.80. The number of rotatable bonds is 13. The van der Waals surface area contributed by atoms with Crippen molar-refractivity contribution in [2.75, 3.05) is 59.7 Å². The third-order valence-electron chi connectivity index (χ3n) is 4.78.